The fourth-order valence-corrected chi connectivity index (χ4v) is 2.27. The summed E-state index contributed by atoms with van der Waals surface area (Å²) in [5, 5.41) is 0. The number of benzene rings is 2. The number of rotatable bonds is 4. The topological polar surface area (TPSA) is 29.3 Å². The molecule has 2 aromatic carbocycles. The van der Waals surface area contributed by atoms with Gasteiger partial charge < -0.3 is 10.6 Å². The summed E-state index contributed by atoms with van der Waals surface area (Å²) in [5.74, 6) is 0. The van der Waals surface area contributed by atoms with Gasteiger partial charge in [0.2, 0.25) is 0 Å². The third-order valence-corrected chi connectivity index (χ3v) is 3.64. The van der Waals surface area contributed by atoms with Gasteiger partial charge in [0.15, 0.2) is 0 Å². The summed E-state index contributed by atoms with van der Waals surface area (Å²) in [5.41, 5.74) is 11.9. The first-order valence-corrected chi connectivity index (χ1v) is 6.69. The molecule has 2 aromatic rings. The summed E-state index contributed by atoms with van der Waals surface area (Å²) in [6.45, 7) is 5.21. The van der Waals surface area contributed by atoms with Gasteiger partial charge in [0, 0.05) is 25.0 Å². The quantitative estimate of drug-likeness (QED) is 0.845. The molecule has 0 aliphatic carbocycles. The first-order chi connectivity index (χ1) is 9.08. The fraction of sp³-hybridized carbons (Fsp3) is 0.294. The summed E-state index contributed by atoms with van der Waals surface area (Å²) in [6, 6.07) is 14.8. The van der Waals surface area contributed by atoms with E-state index in [1.54, 1.807) is 0 Å². The molecule has 0 radical (unpaired) electrons. The van der Waals surface area contributed by atoms with E-state index in [9.17, 15) is 0 Å². The third-order valence-electron chi connectivity index (χ3n) is 3.64. The van der Waals surface area contributed by atoms with Crippen molar-refractivity contribution in [2.75, 3.05) is 24.2 Å². The minimum atomic E-state index is 0.887. The van der Waals surface area contributed by atoms with Gasteiger partial charge in [0.25, 0.3) is 0 Å². The highest BCUT2D eigenvalue weighted by molar-refractivity contribution is 5.51. The van der Waals surface area contributed by atoms with Crippen LogP contribution < -0.4 is 10.6 Å². The van der Waals surface area contributed by atoms with Gasteiger partial charge in [-0.3, -0.25) is 0 Å². The lowest BCUT2D eigenvalue weighted by atomic mass is 10.0. The molecular weight excluding hydrogens is 232 g/mol. The molecule has 0 spiro atoms. The van der Waals surface area contributed by atoms with Crippen LogP contribution in [0.3, 0.4) is 0 Å². The molecule has 100 valence electrons. The van der Waals surface area contributed by atoms with Gasteiger partial charge in [-0.05, 0) is 55.2 Å². The lowest BCUT2D eigenvalue weighted by Crippen LogP contribution is -2.20. The van der Waals surface area contributed by atoms with E-state index in [2.05, 4.69) is 62.2 Å². The Morgan fingerprint density at radius 3 is 2.37 bits per heavy atom. The molecule has 0 unspecified atom stereocenters. The summed E-state index contributed by atoms with van der Waals surface area (Å²) < 4.78 is 0. The number of hydrogen-bond acceptors (Lipinski definition) is 2. The van der Waals surface area contributed by atoms with Crippen molar-refractivity contribution in [3.63, 3.8) is 0 Å². The van der Waals surface area contributed by atoms with Crippen LogP contribution in [0.5, 0.6) is 0 Å². The molecule has 0 amide bonds. The standard InChI is InChI=1S/C17H22N2/c1-13-12-17(18)14(2)11-15(13)9-10-19(3)16-7-5-4-6-8-16/h4-8,11-12H,9-10,18H2,1-3H3. The van der Waals surface area contributed by atoms with Crippen LogP contribution >= 0.6 is 0 Å². The van der Waals surface area contributed by atoms with Crippen molar-refractivity contribution < 1.29 is 0 Å². The molecule has 0 aliphatic rings. The fourth-order valence-electron chi connectivity index (χ4n) is 2.27. The molecule has 0 saturated carbocycles. The van der Waals surface area contributed by atoms with Crippen LogP contribution in [-0.4, -0.2) is 13.6 Å². The zero-order chi connectivity index (χ0) is 13.8. The molecule has 0 bridgehead atoms. The Balaban J connectivity index is 2.05. The molecule has 0 heterocycles. The van der Waals surface area contributed by atoms with E-state index < -0.39 is 0 Å². The number of hydrogen-bond donors (Lipinski definition) is 1. The van der Waals surface area contributed by atoms with Crippen molar-refractivity contribution in [2.24, 2.45) is 0 Å². The van der Waals surface area contributed by atoms with E-state index in [1.165, 1.54) is 22.4 Å². The first-order valence-electron chi connectivity index (χ1n) is 6.69. The minimum Gasteiger partial charge on any atom is -0.399 e. The predicted octanol–water partition coefficient (Wildman–Crippen LogP) is 3.56. The highest BCUT2D eigenvalue weighted by Gasteiger charge is 2.05. The maximum Gasteiger partial charge on any atom is 0.0363 e. The Morgan fingerprint density at radius 2 is 1.68 bits per heavy atom. The number of aryl methyl sites for hydroxylation is 2. The molecular formula is C17H22N2. The zero-order valence-corrected chi connectivity index (χ0v) is 12.0. The van der Waals surface area contributed by atoms with E-state index in [-0.39, 0.29) is 0 Å². The SMILES string of the molecule is Cc1cc(CCN(C)c2ccccc2)c(C)cc1N. The largest absolute Gasteiger partial charge is 0.399 e. The van der Waals surface area contributed by atoms with Crippen LogP contribution in [0.1, 0.15) is 16.7 Å². The van der Waals surface area contributed by atoms with Gasteiger partial charge >= 0.3 is 0 Å². The molecule has 2 nitrogen and oxygen atoms in total. The maximum absolute atomic E-state index is 5.93. The van der Waals surface area contributed by atoms with E-state index in [0.29, 0.717) is 0 Å². The zero-order valence-electron chi connectivity index (χ0n) is 12.0. The Morgan fingerprint density at radius 1 is 1.00 bits per heavy atom. The summed E-state index contributed by atoms with van der Waals surface area (Å²) >= 11 is 0. The monoisotopic (exact) mass is 254 g/mol. The van der Waals surface area contributed by atoms with Gasteiger partial charge in [0.1, 0.15) is 0 Å². The highest BCUT2D eigenvalue weighted by Crippen LogP contribution is 2.19. The molecule has 2 heteroatoms. The number of likely N-dealkylation sites (N-methyl/N-ethyl adjacent to an activating group) is 1. The van der Waals surface area contributed by atoms with Crippen LogP contribution in [0.4, 0.5) is 11.4 Å². The molecule has 19 heavy (non-hydrogen) atoms. The summed E-state index contributed by atoms with van der Waals surface area (Å²) in [4.78, 5) is 2.28. The van der Waals surface area contributed by atoms with Gasteiger partial charge in [-0.15, -0.1) is 0 Å². The van der Waals surface area contributed by atoms with Gasteiger partial charge in [-0.25, -0.2) is 0 Å². The second kappa shape index (κ2) is 5.79. The molecule has 0 fully saturated rings. The maximum atomic E-state index is 5.93. The third kappa shape index (κ3) is 3.28. The molecule has 2 rings (SSSR count). The molecule has 2 N–H and O–H groups in total. The second-order valence-corrected chi connectivity index (χ2v) is 5.14. The van der Waals surface area contributed by atoms with Crippen LogP contribution in [0.15, 0.2) is 42.5 Å². The Kier molecular flexibility index (Phi) is 4.10. The minimum absolute atomic E-state index is 0.887. The van der Waals surface area contributed by atoms with Crippen LogP contribution in [0.2, 0.25) is 0 Å². The van der Waals surface area contributed by atoms with Crippen molar-refractivity contribution in [2.45, 2.75) is 20.3 Å². The van der Waals surface area contributed by atoms with Crippen molar-refractivity contribution in [3.05, 3.63) is 59.2 Å². The van der Waals surface area contributed by atoms with Gasteiger partial charge in [-0.2, -0.15) is 0 Å². The van der Waals surface area contributed by atoms with Crippen LogP contribution in [0, 0.1) is 13.8 Å². The predicted molar refractivity (Wildman–Crippen MR) is 83.7 cm³/mol. The van der Waals surface area contributed by atoms with E-state index in [1.807, 2.05) is 6.07 Å². The Labute approximate surface area is 115 Å². The summed E-state index contributed by atoms with van der Waals surface area (Å²) in [7, 11) is 2.13. The number of nitrogens with zero attached hydrogens (tertiary/aromatic N) is 1. The van der Waals surface area contributed by atoms with Crippen LogP contribution in [0.25, 0.3) is 0 Å². The first kappa shape index (κ1) is 13.5. The normalized spacial score (nSPS) is 10.5. The Bertz CT molecular complexity index is 547. The Hall–Kier alpha value is -1.96. The van der Waals surface area contributed by atoms with E-state index in [0.717, 1.165) is 18.7 Å². The van der Waals surface area contributed by atoms with Gasteiger partial charge in [0.05, 0.1) is 0 Å². The van der Waals surface area contributed by atoms with E-state index in [4.69, 9.17) is 5.73 Å². The van der Waals surface area contributed by atoms with Crippen molar-refractivity contribution >= 4 is 11.4 Å². The van der Waals surface area contributed by atoms with Gasteiger partial charge in [-0.1, -0.05) is 24.3 Å². The number of nitrogens with two attached hydrogens (primary N) is 1. The molecule has 0 aliphatic heterocycles. The second-order valence-electron chi connectivity index (χ2n) is 5.14. The lowest BCUT2D eigenvalue weighted by Gasteiger charge is -2.20. The number of para-hydroxylation sites is 1. The lowest BCUT2D eigenvalue weighted by molar-refractivity contribution is 0.871. The highest BCUT2D eigenvalue weighted by atomic mass is 15.1. The van der Waals surface area contributed by atoms with E-state index >= 15 is 0 Å². The molecule has 0 saturated heterocycles. The smallest absolute Gasteiger partial charge is 0.0363 e. The molecule has 0 aromatic heterocycles. The number of nitrogen functional groups attached to an aromatic ring is 1. The van der Waals surface area contributed by atoms with Crippen molar-refractivity contribution in [1.82, 2.24) is 0 Å². The number of anilines is 2. The van der Waals surface area contributed by atoms with Crippen molar-refractivity contribution in [1.29, 1.82) is 0 Å². The summed E-state index contributed by atoms with van der Waals surface area (Å²) in [6.07, 6.45) is 1.04. The van der Waals surface area contributed by atoms with Crippen molar-refractivity contribution in [3.8, 4) is 0 Å². The average molecular weight is 254 g/mol. The average Bonchev–Trinajstić information content (AvgIpc) is 2.42. The van der Waals surface area contributed by atoms with Crippen LogP contribution in [-0.2, 0) is 6.42 Å². The molecule has 0 atom stereocenters.